The highest BCUT2D eigenvalue weighted by Gasteiger charge is 2.09. The van der Waals surface area contributed by atoms with Crippen molar-refractivity contribution < 1.29 is 9.21 Å². The van der Waals surface area contributed by atoms with Gasteiger partial charge in [-0.3, -0.25) is 4.79 Å². The Morgan fingerprint density at radius 2 is 2.39 bits per heavy atom. The molecule has 1 amide bonds. The fraction of sp³-hybridized carbons (Fsp3) is 0.417. The fourth-order valence-electron chi connectivity index (χ4n) is 1.42. The first kappa shape index (κ1) is 12.8. The normalized spacial score (nSPS) is 10.5. The largest absolute Gasteiger partial charge is 0.418 e. The zero-order chi connectivity index (χ0) is 12.8. The summed E-state index contributed by atoms with van der Waals surface area (Å²) in [5, 5.41) is 12.6. The Morgan fingerprint density at radius 1 is 1.50 bits per heavy atom. The molecule has 0 spiro atoms. The van der Waals surface area contributed by atoms with Crippen LogP contribution >= 0.6 is 11.3 Å². The van der Waals surface area contributed by atoms with Gasteiger partial charge in [-0.15, -0.1) is 21.5 Å². The number of amides is 1. The number of aromatic nitrogens is 2. The highest BCUT2D eigenvalue weighted by Crippen LogP contribution is 2.22. The van der Waals surface area contributed by atoms with Crippen LogP contribution in [0.1, 0.15) is 32.1 Å². The maximum absolute atomic E-state index is 11.4. The lowest BCUT2D eigenvalue weighted by atomic mass is 10.2. The molecule has 0 saturated carbocycles. The van der Waals surface area contributed by atoms with Gasteiger partial charge in [-0.1, -0.05) is 19.4 Å². The molecule has 0 atom stereocenters. The predicted octanol–water partition coefficient (Wildman–Crippen LogP) is 2.60. The van der Waals surface area contributed by atoms with E-state index in [2.05, 4.69) is 22.4 Å². The monoisotopic (exact) mass is 265 g/mol. The van der Waals surface area contributed by atoms with E-state index < -0.39 is 0 Å². The van der Waals surface area contributed by atoms with Gasteiger partial charge in [0.05, 0.1) is 11.4 Å². The summed E-state index contributed by atoms with van der Waals surface area (Å²) >= 11 is 1.54. The van der Waals surface area contributed by atoms with Gasteiger partial charge in [0, 0.05) is 6.42 Å². The number of unbranched alkanes of at least 4 members (excludes halogenated alkanes) is 1. The molecule has 0 aliphatic rings. The van der Waals surface area contributed by atoms with Crippen molar-refractivity contribution in [3.8, 4) is 10.8 Å². The lowest BCUT2D eigenvalue weighted by Crippen LogP contribution is -2.22. The smallest absolute Gasteiger partial charge is 0.257 e. The second kappa shape index (κ2) is 6.30. The highest BCUT2D eigenvalue weighted by molar-refractivity contribution is 7.13. The topological polar surface area (TPSA) is 68.0 Å². The van der Waals surface area contributed by atoms with Gasteiger partial charge >= 0.3 is 0 Å². The zero-order valence-electron chi connectivity index (χ0n) is 10.2. The summed E-state index contributed by atoms with van der Waals surface area (Å²) in [4.78, 5) is 12.3. The Labute approximate surface area is 109 Å². The molecule has 6 heteroatoms. The molecule has 0 aliphatic heterocycles. The van der Waals surface area contributed by atoms with Crippen molar-refractivity contribution in [2.75, 3.05) is 0 Å². The average molecular weight is 265 g/mol. The third-order valence-electron chi connectivity index (χ3n) is 2.39. The van der Waals surface area contributed by atoms with Crippen molar-refractivity contribution in [2.24, 2.45) is 0 Å². The van der Waals surface area contributed by atoms with Crippen molar-refractivity contribution >= 4 is 17.2 Å². The molecule has 0 radical (unpaired) electrons. The number of thiophene rings is 1. The minimum Gasteiger partial charge on any atom is -0.418 e. The van der Waals surface area contributed by atoms with Crippen LogP contribution in [0.4, 0.5) is 0 Å². The Balaban J connectivity index is 1.86. The number of carbonyl (C=O) groups is 1. The second-order valence-corrected chi connectivity index (χ2v) is 4.81. The van der Waals surface area contributed by atoms with Crippen molar-refractivity contribution in [1.29, 1.82) is 0 Å². The van der Waals surface area contributed by atoms with E-state index in [1.54, 1.807) is 11.3 Å². The molecular weight excluding hydrogens is 250 g/mol. The minimum atomic E-state index is 0.0210. The van der Waals surface area contributed by atoms with Crippen LogP contribution in [0.15, 0.2) is 21.9 Å². The maximum atomic E-state index is 11.4. The van der Waals surface area contributed by atoms with Crippen LogP contribution in [0.3, 0.4) is 0 Å². The molecule has 2 aromatic rings. The van der Waals surface area contributed by atoms with Crippen LogP contribution in [0.25, 0.3) is 10.8 Å². The number of rotatable bonds is 6. The summed E-state index contributed by atoms with van der Waals surface area (Å²) in [6.45, 7) is 2.35. The molecule has 5 nitrogen and oxygen atoms in total. The van der Waals surface area contributed by atoms with Gasteiger partial charge in [0.25, 0.3) is 5.89 Å². The summed E-state index contributed by atoms with van der Waals surface area (Å²) in [6, 6.07) is 3.85. The van der Waals surface area contributed by atoms with Gasteiger partial charge in [-0.2, -0.15) is 0 Å². The Hall–Kier alpha value is -1.69. The SMILES string of the molecule is CCCCC(=O)NCc1nnc(-c2cccs2)o1. The van der Waals surface area contributed by atoms with E-state index in [9.17, 15) is 4.79 Å². The third-order valence-corrected chi connectivity index (χ3v) is 3.25. The second-order valence-electron chi connectivity index (χ2n) is 3.86. The molecule has 2 heterocycles. The summed E-state index contributed by atoms with van der Waals surface area (Å²) in [6.07, 6.45) is 2.45. The molecule has 2 aromatic heterocycles. The number of nitrogens with one attached hydrogen (secondary N) is 1. The Bertz CT molecular complexity index is 493. The first-order chi connectivity index (χ1) is 8.79. The molecule has 0 aromatic carbocycles. The number of hydrogen-bond acceptors (Lipinski definition) is 5. The zero-order valence-corrected chi connectivity index (χ0v) is 11.0. The van der Waals surface area contributed by atoms with Crippen molar-refractivity contribution in [2.45, 2.75) is 32.7 Å². The summed E-state index contributed by atoms with van der Waals surface area (Å²) in [5.41, 5.74) is 0. The lowest BCUT2D eigenvalue weighted by Gasteiger charge is -2.00. The molecule has 0 unspecified atom stereocenters. The number of hydrogen-bond donors (Lipinski definition) is 1. The van der Waals surface area contributed by atoms with Crippen LogP contribution < -0.4 is 5.32 Å². The van der Waals surface area contributed by atoms with Crippen LogP contribution in [-0.4, -0.2) is 16.1 Å². The van der Waals surface area contributed by atoms with Crippen molar-refractivity contribution in [3.05, 3.63) is 23.4 Å². The molecule has 2 rings (SSSR count). The number of carbonyl (C=O) groups excluding carboxylic acids is 1. The van der Waals surface area contributed by atoms with E-state index in [0.29, 0.717) is 24.7 Å². The van der Waals surface area contributed by atoms with Crippen LogP contribution in [-0.2, 0) is 11.3 Å². The third kappa shape index (κ3) is 3.40. The molecule has 96 valence electrons. The van der Waals surface area contributed by atoms with Gasteiger partial charge in [0.15, 0.2) is 0 Å². The Morgan fingerprint density at radius 3 is 3.11 bits per heavy atom. The summed E-state index contributed by atoms with van der Waals surface area (Å²) in [7, 11) is 0. The highest BCUT2D eigenvalue weighted by atomic mass is 32.1. The summed E-state index contributed by atoms with van der Waals surface area (Å²) in [5.74, 6) is 0.957. The minimum absolute atomic E-state index is 0.0210. The molecule has 0 bridgehead atoms. The summed E-state index contributed by atoms with van der Waals surface area (Å²) < 4.78 is 5.46. The van der Waals surface area contributed by atoms with E-state index in [1.807, 2.05) is 17.5 Å². The molecule has 18 heavy (non-hydrogen) atoms. The number of nitrogens with zero attached hydrogens (tertiary/aromatic N) is 2. The van der Waals surface area contributed by atoms with Crippen molar-refractivity contribution in [3.63, 3.8) is 0 Å². The van der Waals surface area contributed by atoms with E-state index in [0.717, 1.165) is 17.7 Å². The molecule has 0 saturated heterocycles. The van der Waals surface area contributed by atoms with E-state index in [4.69, 9.17) is 4.42 Å². The maximum Gasteiger partial charge on any atom is 0.257 e. The van der Waals surface area contributed by atoms with E-state index in [1.165, 1.54) is 0 Å². The van der Waals surface area contributed by atoms with E-state index in [-0.39, 0.29) is 5.91 Å². The molecule has 0 aliphatic carbocycles. The lowest BCUT2D eigenvalue weighted by molar-refractivity contribution is -0.121. The first-order valence-corrected chi connectivity index (χ1v) is 6.80. The van der Waals surface area contributed by atoms with Gasteiger partial charge in [-0.25, -0.2) is 0 Å². The van der Waals surface area contributed by atoms with Gasteiger partial charge < -0.3 is 9.73 Å². The standard InChI is InChI=1S/C12H15N3O2S/c1-2-3-6-10(16)13-8-11-14-15-12(17-11)9-5-4-7-18-9/h4-5,7H,2-3,6,8H2,1H3,(H,13,16). The Kier molecular flexibility index (Phi) is 4.46. The van der Waals surface area contributed by atoms with Crippen LogP contribution in [0.2, 0.25) is 0 Å². The van der Waals surface area contributed by atoms with Crippen molar-refractivity contribution in [1.82, 2.24) is 15.5 Å². The fourth-order valence-corrected chi connectivity index (χ4v) is 2.07. The first-order valence-electron chi connectivity index (χ1n) is 5.92. The molecule has 0 fully saturated rings. The average Bonchev–Trinajstić information content (AvgIpc) is 3.03. The van der Waals surface area contributed by atoms with Gasteiger partial charge in [0.2, 0.25) is 11.8 Å². The quantitative estimate of drug-likeness (QED) is 0.871. The van der Waals surface area contributed by atoms with Gasteiger partial charge in [0.1, 0.15) is 0 Å². The van der Waals surface area contributed by atoms with Gasteiger partial charge in [-0.05, 0) is 17.9 Å². The molecular formula is C12H15N3O2S. The van der Waals surface area contributed by atoms with Crippen LogP contribution in [0, 0.1) is 0 Å². The van der Waals surface area contributed by atoms with E-state index >= 15 is 0 Å². The molecule has 1 N–H and O–H groups in total. The van der Waals surface area contributed by atoms with Crippen LogP contribution in [0.5, 0.6) is 0 Å². The predicted molar refractivity (Wildman–Crippen MR) is 69.0 cm³/mol.